The Hall–Kier alpha value is -0.770. The van der Waals surface area contributed by atoms with Crippen molar-refractivity contribution in [2.45, 2.75) is 52.5 Å². The number of guanidine groups is 1. The molecule has 0 unspecified atom stereocenters. The highest BCUT2D eigenvalue weighted by Gasteiger charge is 2.21. The fourth-order valence-electron chi connectivity index (χ4n) is 3.03. The van der Waals surface area contributed by atoms with E-state index in [9.17, 15) is 0 Å². The molecule has 1 saturated carbocycles. The zero-order valence-electron chi connectivity index (χ0n) is 14.3. The predicted molar refractivity (Wildman–Crippen MR) is 88.3 cm³/mol. The maximum Gasteiger partial charge on any atom is 0.191 e. The number of nitrogens with zero attached hydrogens (tertiary/aromatic N) is 2. The molecule has 20 heavy (non-hydrogen) atoms. The summed E-state index contributed by atoms with van der Waals surface area (Å²) in [6, 6.07) is 0.592. The first-order chi connectivity index (χ1) is 9.32. The van der Waals surface area contributed by atoms with Crippen molar-refractivity contribution in [3.8, 4) is 0 Å². The minimum Gasteiger partial charge on any atom is -0.356 e. The van der Waals surface area contributed by atoms with Gasteiger partial charge in [-0.25, -0.2) is 0 Å². The van der Waals surface area contributed by atoms with Gasteiger partial charge in [0.15, 0.2) is 5.96 Å². The van der Waals surface area contributed by atoms with Crippen LogP contribution in [0.4, 0.5) is 0 Å². The predicted octanol–water partition coefficient (Wildman–Crippen LogP) is 2.32. The molecule has 0 amide bonds. The van der Waals surface area contributed by atoms with Gasteiger partial charge in [0.2, 0.25) is 0 Å². The lowest BCUT2D eigenvalue weighted by Crippen LogP contribution is -2.48. The molecule has 0 aromatic rings. The summed E-state index contributed by atoms with van der Waals surface area (Å²) in [5.41, 5.74) is 0.238. The molecule has 2 N–H and O–H groups in total. The first-order valence-corrected chi connectivity index (χ1v) is 7.94. The number of nitrogens with one attached hydrogen (secondary N) is 2. The molecule has 1 aliphatic carbocycles. The summed E-state index contributed by atoms with van der Waals surface area (Å²) in [5.74, 6) is 1.85. The Kier molecular flexibility index (Phi) is 6.80. The van der Waals surface area contributed by atoms with Crippen LogP contribution < -0.4 is 10.6 Å². The number of aliphatic imine (C=N–C) groups is 1. The van der Waals surface area contributed by atoms with Crippen LogP contribution in [-0.4, -0.2) is 51.1 Å². The Morgan fingerprint density at radius 1 is 1.20 bits per heavy atom. The first-order valence-electron chi connectivity index (χ1n) is 7.94. The van der Waals surface area contributed by atoms with Gasteiger partial charge in [-0.05, 0) is 51.1 Å². The Balaban J connectivity index is 2.36. The van der Waals surface area contributed by atoms with Crippen molar-refractivity contribution in [1.29, 1.82) is 0 Å². The van der Waals surface area contributed by atoms with Crippen molar-refractivity contribution in [2.75, 3.05) is 34.2 Å². The second kappa shape index (κ2) is 7.87. The largest absolute Gasteiger partial charge is 0.356 e. The van der Waals surface area contributed by atoms with E-state index in [2.05, 4.69) is 55.4 Å². The Morgan fingerprint density at radius 3 is 2.30 bits per heavy atom. The van der Waals surface area contributed by atoms with E-state index in [0.29, 0.717) is 6.04 Å². The van der Waals surface area contributed by atoms with Gasteiger partial charge in [0, 0.05) is 26.2 Å². The topological polar surface area (TPSA) is 39.7 Å². The average molecular weight is 282 g/mol. The first kappa shape index (κ1) is 17.3. The molecule has 0 aliphatic heterocycles. The third kappa shape index (κ3) is 6.60. The molecule has 0 aromatic heterocycles. The van der Waals surface area contributed by atoms with Crippen LogP contribution in [0.15, 0.2) is 4.99 Å². The van der Waals surface area contributed by atoms with Gasteiger partial charge in [-0.15, -0.1) is 0 Å². The minimum atomic E-state index is 0.238. The van der Waals surface area contributed by atoms with Crippen LogP contribution in [0.2, 0.25) is 0 Å². The summed E-state index contributed by atoms with van der Waals surface area (Å²) in [7, 11) is 6.11. The molecule has 0 bridgehead atoms. The average Bonchev–Trinajstić information content (AvgIpc) is 2.35. The molecule has 0 saturated heterocycles. The lowest BCUT2D eigenvalue weighted by molar-refractivity contribution is 0.240. The van der Waals surface area contributed by atoms with Crippen LogP contribution in [0.5, 0.6) is 0 Å². The summed E-state index contributed by atoms with van der Waals surface area (Å²) in [6.07, 6.45) is 5.20. The minimum absolute atomic E-state index is 0.238. The van der Waals surface area contributed by atoms with Gasteiger partial charge >= 0.3 is 0 Å². The van der Waals surface area contributed by atoms with Crippen LogP contribution in [-0.2, 0) is 0 Å². The molecule has 118 valence electrons. The third-order valence-electron chi connectivity index (χ3n) is 4.06. The van der Waals surface area contributed by atoms with E-state index in [1.54, 1.807) is 0 Å². The highest BCUT2D eigenvalue weighted by atomic mass is 15.2. The van der Waals surface area contributed by atoms with Crippen molar-refractivity contribution in [3.63, 3.8) is 0 Å². The van der Waals surface area contributed by atoms with Crippen molar-refractivity contribution in [2.24, 2.45) is 16.3 Å². The fourth-order valence-corrected chi connectivity index (χ4v) is 3.03. The molecule has 0 aromatic carbocycles. The fraction of sp³-hybridized carbons (Fsp3) is 0.938. The zero-order chi connectivity index (χ0) is 15.2. The van der Waals surface area contributed by atoms with Crippen LogP contribution >= 0.6 is 0 Å². The monoisotopic (exact) mass is 282 g/mol. The molecular weight excluding hydrogens is 248 g/mol. The van der Waals surface area contributed by atoms with Gasteiger partial charge in [0.05, 0.1) is 0 Å². The summed E-state index contributed by atoms with van der Waals surface area (Å²) < 4.78 is 0. The molecule has 1 fully saturated rings. The number of hydrogen-bond donors (Lipinski definition) is 2. The van der Waals surface area contributed by atoms with E-state index < -0.39 is 0 Å². The lowest BCUT2D eigenvalue weighted by atomic mass is 9.87. The van der Waals surface area contributed by atoms with Crippen molar-refractivity contribution in [3.05, 3.63) is 0 Å². The molecule has 0 atom stereocenters. The number of hydrogen-bond acceptors (Lipinski definition) is 2. The summed E-state index contributed by atoms with van der Waals surface area (Å²) >= 11 is 0. The second-order valence-corrected chi connectivity index (χ2v) is 7.43. The number of rotatable bonds is 5. The van der Waals surface area contributed by atoms with Crippen LogP contribution in [0.1, 0.15) is 46.5 Å². The summed E-state index contributed by atoms with van der Waals surface area (Å²) in [5, 5.41) is 7.06. The van der Waals surface area contributed by atoms with Crippen LogP contribution in [0.3, 0.4) is 0 Å². The highest BCUT2D eigenvalue weighted by Crippen LogP contribution is 2.23. The van der Waals surface area contributed by atoms with Crippen LogP contribution in [0.25, 0.3) is 0 Å². The van der Waals surface area contributed by atoms with E-state index in [4.69, 9.17) is 0 Å². The van der Waals surface area contributed by atoms with E-state index in [0.717, 1.165) is 25.0 Å². The summed E-state index contributed by atoms with van der Waals surface area (Å²) in [4.78, 5) is 6.60. The van der Waals surface area contributed by atoms with Gasteiger partial charge < -0.3 is 15.5 Å². The lowest BCUT2D eigenvalue weighted by Gasteiger charge is -2.31. The maximum atomic E-state index is 4.36. The second-order valence-electron chi connectivity index (χ2n) is 7.43. The highest BCUT2D eigenvalue weighted by molar-refractivity contribution is 5.80. The maximum absolute atomic E-state index is 4.36. The normalized spacial score (nSPS) is 24.9. The molecule has 1 aliphatic rings. The van der Waals surface area contributed by atoms with Crippen molar-refractivity contribution < 1.29 is 0 Å². The molecule has 1 rings (SSSR count). The molecule has 0 spiro atoms. The van der Waals surface area contributed by atoms with E-state index >= 15 is 0 Å². The SMILES string of the molecule is CN=C(NCC(C)(C)CN(C)C)NC1CCC(C)CC1. The Labute approximate surface area is 125 Å². The molecule has 4 nitrogen and oxygen atoms in total. The van der Waals surface area contributed by atoms with Gasteiger partial charge in [-0.1, -0.05) is 20.8 Å². The van der Waals surface area contributed by atoms with E-state index in [1.807, 2.05) is 7.05 Å². The smallest absolute Gasteiger partial charge is 0.191 e. The van der Waals surface area contributed by atoms with E-state index in [-0.39, 0.29) is 5.41 Å². The molecule has 4 heteroatoms. The van der Waals surface area contributed by atoms with Crippen molar-refractivity contribution >= 4 is 5.96 Å². The van der Waals surface area contributed by atoms with Crippen molar-refractivity contribution in [1.82, 2.24) is 15.5 Å². The molecular formula is C16H34N4. The van der Waals surface area contributed by atoms with Gasteiger partial charge in [-0.3, -0.25) is 4.99 Å². The zero-order valence-corrected chi connectivity index (χ0v) is 14.3. The molecule has 0 radical (unpaired) electrons. The van der Waals surface area contributed by atoms with E-state index in [1.165, 1.54) is 25.7 Å². The van der Waals surface area contributed by atoms with Gasteiger partial charge in [0.25, 0.3) is 0 Å². The van der Waals surface area contributed by atoms with Gasteiger partial charge in [-0.2, -0.15) is 0 Å². The standard InChI is InChI=1S/C16H34N4/c1-13-7-9-14(10-8-13)19-15(17-4)18-11-16(2,3)12-20(5)6/h13-14H,7-12H2,1-6H3,(H2,17,18,19). The van der Waals surface area contributed by atoms with Gasteiger partial charge in [0.1, 0.15) is 0 Å². The molecule has 0 heterocycles. The Morgan fingerprint density at radius 2 is 1.80 bits per heavy atom. The Bertz CT molecular complexity index is 302. The quantitative estimate of drug-likeness (QED) is 0.600. The third-order valence-corrected chi connectivity index (χ3v) is 4.06. The summed E-state index contributed by atoms with van der Waals surface area (Å²) in [6.45, 7) is 8.93. The van der Waals surface area contributed by atoms with Crippen LogP contribution in [0, 0.1) is 11.3 Å².